The Morgan fingerprint density at radius 3 is 2.60 bits per heavy atom. The average Bonchev–Trinajstić information content (AvgIpc) is 3.74. The van der Waals surface area contributed by atoms with E-state index in [0.29, 0.717) is 83.9 Å². The largest absolute Gasteiger partial charge is 0.496 e. The number of benzene rings is 2. The maximum Gasteiger partial charge on any atom is 0.291 e. The van der Waals surface area contributed by atoms with E-state index < -0.39 is 5.91 Å². The maximum absolute atomic E-state index is 13.7. The third-order valence-electron chi connectivity index (χ3n) is 10.4. The van der Waals surface area contributed by atoms with Gasteiger partial charge < -0.3 is 30.2 Å². The molecule has 12 nitrogen and oxygen atoms in total. The van der Waals surface area contributed by atoms with Crippen LogP contribution >= 0.6 is 23.2 Å². The summed E-state index contributed by atoms with van der Waals surface area (Å²) in [6.07, 6.45) is 7.19. The minimum Gasteiger partial charge on any atom is -0.496 e. The van der Waals surface area contributed by atoms with Gasteiger partial charge in [0.1, 0.15) is 5.75 Å². The molecule has 4 aromatic rings. The summed E-state index contributed by atoms with van der Waals surface area (Å²) in [5.74, 6) is 0.736. The van der Waals surface area contributed by atoms with Gasteiger partial charge in [0.25, 0.3) is 5.91 Å². The third-order valence-corrected chi connectivity index (χ3v) is 11.2. The van der Waals surface area contributed by atoms with Crippen LogP contribution in [-0.4, -0.2) is 87.9 Å². The summed E-state index contributed by atoms with van der Waals surface area (Å²) in [6, 6.07) is 13.1. The van der Waals surface area contributed by atoms with Crippen LogP contribution < -0.4 is 20.7 Å². The highest BCUT2D eigenvalue weighted by Crippen LogP contribution is 2.41. The van der Waals surface area contributed by atoms with Crippen molar-refractivity contribution in [3.63, 3.8) is 0 Å². The monoisotopic (exact) mass is 758 g/mol. The van der Waals surface area contributed by atoms with E-state index >= 15 is 0 Å². The first kappa shape index (κ1) is 36.9. The van der Waals surface area contributed by atoms with Crippen molar-refractivity contribution in [2.45, 2.75) is 57.7 Å². The number of methoxy groups -OCH3 is 1. The standard InChI is InChI=1S/C39H44Cl2N8O4/c1-47-31-14-18-49(34(51)23-48-16-4-3-5-17-48)22-30(31)45-38(47)39(52)46-29-8-6-7-27(35(29)40)28-13-15-43-37(36(28)41)24-9-10-25(32(19-24)53-2)20-42-21-26-11-12-33(50)44-26/h6-10,13,15,19,26,42H,3-5,11-12,14,16-18,20-23H2,1-2H3,(H,44,50)(H,46,52)/t26-/m1/s1. The Balaban J connectivity index is 1.05. The molecule has 53 heavy (non-hydrogen) atoms. The van der Waals surface area contributed by atoms with Gasteiger partial charge in [-0.3, -0.25) is 24.3 Å². The molecule has 0 aliphatic carbocycles. The van der Waals surface area contributed by atoms with Crippen LogP contribution in [0.25, 0.3) is 22.4 Å². The predicted octanol–water partition coefficient (Wildman–Crippen LogP) is 5.46. The van der Waals surface area contributed by atoms with Crippen molar-refractivity contribution < 1.29 is 19.1 Å². The van der Waals surface area contributed by atoms with E-state index in [0.717, 1.165) is 54.9 Å². The molecule has 3 N–H and O–H groups in total. The fourth-order valence-electron chi connectivity index (χ4n) is 7.47. The van der Waals surface area contributed by atoms with Crippen molar-refractivity contribution in [2.75, 3.05) is 45.2 Å². The van der Waals surface area contributed by atoms with E-state index in [4.69, 9.17) is 32.9 Å². The zero-order valence-electron chi connectivity index (χ0n) is 30.0. The Morgan fingerprint density at radius 2 is 1.83 bits per heavy atom. The number of ether oxygens (including phenoxy) is 1. The van der Waals surface area contributed by atoms with E-state index in [1.807, 2.05) is 46.8 Å². The fraction of sp³-hybridized carbons (Fsp3) is 0.410. The highest BCUT2D eigenvalue weighted by Gasteiger charge is 2.29. The number of pyridine rings is 1. The van der Waals surface area contributed by atoms with Crippen LogP contribution in [0.5, 0.6) is 5.75 Å². The van der Waals surface area contributed by atoms with E-state index in [2.05, 4.69) is 25.8 Å². The molecule has 0 unspecified atom stereocenters. The highest BCUT2D eigenvalue weighted by atomic mass is 35.5. The average molecular weight is 760 g/mol. The Hall–Kier alpha value is -4.49. The molecule has 1 atom stereocenters. The molecular weight excluding hydrogens is 715 g/mol. The predicted molar refractivity (Wildman–Crippen MR) is 205 cm³/mol. The van der Waals surface area contributed by atoms with Crippen LogP contribution in [0.3, 0.4) is 0 Å². The molecule has 2 fully saturated rings. The van der Waals surface area contributed by atoms with Crippen molar-refractivity contribution in [2.24, 2.45) is 7.05 Å². The molecule has 3 aliphatic rings. The van der Waals surface area contributed by atoms with Gasteiger partial charge in [0, 0.05) is 79.7 Å². The number of likely N-dealkylation sites (tertiary alicyclic amines) is 1. The number of anilines is 1. The number of carbonyl (C=O) groups excluding carboxylic acids is 3. The second kappa shape index (κ2) is 16.3. The molecular formula is C39H44Cl2N8O4. The lowest BCUT2D eigenvalue weighted by molar-refractivity contribution is -0.133. The van der Waals surface area contributed by atoms with Crippen molar-refractivity contribution in [1.82, 2.24) is 35.0 Å². The number of piperidine rings is 1. The van der Waals surface area contributed by atoms with Crippen molar-refractivity contribution in [3.8, 4) is 28.1 Å². The SMILES string of the molecule is COc1cc(-c2nccc(-c3cccc(NC(=O)c4nc5c(n4C)CCN(C(=O)CN4CCCCC4)C5)c3Cl)c2Cl)ccc1CNC[C@H]1CCC(=O)N1. The number of nitrogens with zero attached hydrogens (tertiary/aromatic N) is 5. The number of hydrogen-bond acceptors (Lipinski definition) is 8. The van der Waals surface area contributed by atoms with Crippen LogP contribution in [0.1, 0.15) is 59.7 Å². The summed E-state index contributed by atoms with van der Waals surface area (Å²) >= 11 is 14.0. The zero-order chi connectivity index (χ0) is 37.1. The molecule has 0 spiro atoms. The Kier molecular flexibility index (Phi) is 11.3. The summed E-state index contributed by atoms with van der Waals surface area (Å²) in [5, 5.41) is 10.1. The number of fused-ring (bicyclic) bond motifs is 1. The lowest BCUT2D eigenvalue weighted by Gasteiger charge is -2.31. The molecule has 5 heterocycles. The molecule has 0 radical (unpaired) electrons. The number of amides is 3. The van der Waals surface area contributed by atoms with E-state index in [9.17, 15) is 14.4 Å². The number of rotatable bonds is 11. The first-order chi connectivity index (χ1) is 25.7. The Bertz CT molecular complexity index is 2030. The molecule has 2 aromatic heterocycles. The highest BCUT2D eigenvalue weighted by molar-refractivity contribution is 6.39. The van der Waals surface area contributed by atoms with Gasteiger partial charge in [-0.2, -0.15) is 0 Å². The van der Waals surface area contributed by atoms with Gasteiger partial charge in [0.15, 0.2) is 5.82 Å². The number of aromatic nitrogens is 3. The number of carbonyl (C=O) groups is 3. The van der Waals surface area contributed by atoms with Crippen LogP contribution in [0.4, 0.5) is 5.69 Å². The minimum absolute atomic E-state index is 0.0938. The summed E-state index contributed by atoms with van der Waals surface area (Å²) in [7, 11) is 3.45. The van der Waals surface area contributed by atoms with Crippen molar-refractivity contribution in [3.05, 3.63) is 81.5 Å². The zero-order valence-corrected chi connectivity index (χ0v) is 31.5. The van der Waals surface area contributed by atoms with Gasteiger partial charge in [0.2, 0.25) is 11.8 Å². The first-order valence-electron chi connectivity index (χ1n) is 18.2. The third kappa shape index (κ3) is 8.06. The van der Waals surface area contributed by atoms with Gasteiger partial charge in [-0.25, -0.2) is 4.98 Å². The summed E-state index contributed by atoms with van der Waals surface area (Å²) in [6.45, 7) is 4.58. The summed E-state index contributed by atoms with van der Waals surface area (Å²) in [5.41, 5.74) is 5.69. The van der Waals surface area contributed by atoms with Crippen molar-refractivity contribution >= 4 is 46.6 Å². The van der Waals surface area contributed by atoms with Crippen molar-refractivity contribution in [1.29, 1.82) is 0 Å². The number of imidazole rings is 1. The summed E-state index contributed by atoms with van der Waals surface area (Å²) in [4.78, 5) is 51.7. The number of halogens is 2. The quantitative estimate of drug-likeness (QED) is 0.184. The van der Waals surface area contributed by atoms with Gasteiger partial charge in [-0.05, 0) is 50.6 Å². The van der Waals surface area contributed by atoms with E-state index in [-0.39, 0.29) is 23.7 Å². The molecule has 278 valence electrons. The molecule has 0 saturated carbocycles. The Labute approximate surface area is 319 Å². The maximum atomic E-state index is 13.7. The lowest BCUT2D eigenvalue weighted by atomic mass is 10.0. The van der Waals surface area contributed by atoms with Crippen LogP contribution in [0.15, 0.2) is 48.7 Å². The topological polar surface area (TPSA) is 134 Å². The smallest absolute Gasteiger partial charge is 0.291 e. The summed E-state index contributed by atoms with van der Waals surface area (Å²) < 4.78 is 7.53. The number of hydrogen-bond donors (Lipinski definition) is 3. The second-order valence-corrected chi connectivity index (χ2v) is 14.6. The molecule has 7 rings (SSSR count). The van der Waals surface area contributed by atoms with E-state index in [1.54, 1.807) is 25.4 Å². The molecule has 3 amide bonds. The molecule has 0 bridgehead atoms. The fourth-order valence-corrected chi connectivity index (χ4v) is 8.07. The lowest BCUT2D eigenvalue weighted by Crippen LogP contribution is -2.44. The molecule has 3 aliphatic heterocycles. The molecule has 14 heteroatoms. The Morgan fingerprint density at radius 1 is 1.02 bits per heavy atom. The number of nitrogens with one attached hydrogen (secondary N) is 3. The van der Waals surface area contributed by atoms with Gasteiger partial charge in [0.05, 0.1) is 47.3 Å². The van der Waals surface area contributed by atoms with Crippen LogP contribution in [0.2, 0.25) is 10.0 Å². The molecule has 2 aromatic carbocycles. The second-order valence-electron chi connectivity index (χ2n) is 13.9. The van der Waals surface area contributed by atoms with Gasteiger partial charge >= 0.3 is 0 Å². The molecule has 2 saturated heterocycles. The minimum atomic E-state index is -0.400. The van der Waals surface area contributed by atoms with E-state index in [1.165, 1.54) is 6.42 Å². The normalized spacial score (nSPS) is 17.4. The van der Waals surface area contributed by atoms with Crippen LogP contribution in [-0.2, 0) is 36.1 Å². The van der Waals surface area contributed by atoms with Gasteiger partial charge in [-0.15, -0.1) is 0 Å². The van der Waals surface area contributed by atoms with Crippen LogP contribution in [0, 0.1) is 0 Å². The van der Waals surface area contributed by atoms with Gasteiger partial charge in [-0.1, -0.05) is 53.9 Å². The first-order valence-corrected chi connectivity index (χ1v) is 18.9.